The highest BCUT2D eigenvalue weighted by atomic mass is 16.5. The summed E-state index contributed by atoms with van der Waals surface area (Å²) in [4.78, 5) is 9.65. The molecule has 0 amide bonds. The van der Waals surface area contributed by atoms with Crippen molar-refractivity contribution in [3.05, 3.63) is 42.2 Å². The highest BCUT2D eigenvalue weighted by Crippen LogP contribution is 2.37. The summed E-state index contributed by atoms with van der Waals surface area (Å²) in [5.74, 6) is 3.58. The first-order chi connectivity index (χ1) is 15.5. The first kappa shape index (κ1) is 21.9. The van der Waals surface area contributed by atoms with E-state index < -0.39 is 0 Å². The Balaban J connectivity index is 1.92. The minimum atomic E-state index is 0.478. The molecule has 0 radical (unpaired) electrons. The average Bonchev–Trinajstić information content (AvgIpc) is 3.15. The standard InChI is InChI=1S/C26H32N4O2/c1-6-7-8-23-29-24-25(30(23)15-16(2)3)20-11-9-17(13-21(20)28-26(24)27)19-12-10-18(31-4)14-22(19)32-5/h9-14,16H,6-8,15H2,1-5H3,(H2,27,28). The Morgan fingerprint density at radius 2 is 1.84 bits per heavy atom. The van der Waals surface area contributed by atoms with E-state index in [1.54, 1.807) is 14.2 Å². The Bertz CT molecular complexity index is 1260. The van der Waals surface area contributed by atoms with Crippen molar-refractivity contribution in [2.24, 2.45) is 5.92 Å². The zero-order valence-electron chi connectivity index (χ0n) is 19.6. The van der Waals surface area contributed by atoms with Gasteiger partial charge in [0.1, 0.15) is 22.8 Å². The van der Waals surface area contributed by atoms with Crippen LogP contribution in [0.15, 0.2) is 36.4 Å². The molecular weight excluding hydrogens is 400 g/mol. The topological polar surface area (TPSA) is 75.2 Å². The van der Waals surface area contributed by atoms with Crippen molar-refractivity contribution in [2.45, 2.75) is 46.6 Å². The van der Waals surface area contributed by atoms with Crippen LogP contribution in [-0.2, 0) is 13.0 Å². The molecule has 0 aliphatic carbocycles. The van der Waals surface area contributed by atoms with Gasteiger partial charge in [-0.05, 0) is 36.1 Å². The van der Waals surface area contributed by atoms with Crippen molar-refractivity contribution in [1.29, 1.82) is 0 Å². The number of methoxy groups -OCH3 is 2. The summed E-state index contributed by atoms with van der Waals surface area (Å²) in [6.45, 7) is 7.57. The van der Waals surface area contributed by atoms with Crippen LogP contribution in [-0.4, -0.2) is 28.8 Å². The summed E-state index contributed by atoms with van der Waals surface area (Å²) in [6, 6.07) is 12.2. The third-order valence-electron chi connectivity index (χ3n) is 5.80. The van der Waals surface area contributed by atoms with Crippen LogP contribution in [0.25, 0.3) is 33.1 Å². The molecule has 4 rings (SSSR count). The average molecular weight is 433 g/mol. The zero-order chi connectivity index (χ0) is 22.8. The molecule has 0 saturated heterocycles. The van der Waals surface area contributed by atoms with E-state index in [4.69, 9.17) is 25.2 Å². The molecule has 2 aromatic carbocycles. The van der Waals surface area contributed by atoms with Crippen LogP contribution < -0.4 is 15.2 Å². The van der Waals surface area contributed by atoms with Gasteiger partial charge in [-0.15, -0.1) is 0 Å². The lowest BCUT2D eigenvalue weighted by molar-refractivity contribution is 0.395. The summed E-state index contributed by atoms with van der Waals surface area (Å²) in [5.41, 5.74) is 11.2. The Labute approximate surface area is 189 Å². The van der Waals surface area contributed by atoms with Crippen molar-refractivity contribution in [3.63, 3.8) is 0 Å². The summed E-state index contributed by atoms with van der Waals surface area (Å²) in [5, 5.41) is 1.07. The van der Waals surface area contributed by atoms with Crippen LogP contribution in [0, 0.1) is 5.92 Å². The molecule has 0 bridgehead atoms. The number of imidazole rings is 1. The normalized spacial score (nSPS) is 11.6. The van der Waals surface area contributed by atoms with Gasteiger partial charge in [-0.3, -0.25) is 0 Å². The van der Waals surface area contributed by atoms with E-state index in [9.17, 15) is 0 Å². The molecular formula is C26H32N4O2. The summed E-state index contributed by atoms with van der Waals surface area (Å²) < 4.78 is 13.3. The molecule has 0 unspecified atom stereocenters. The number of hydrogen-bond acceptors (Lipinski definition) is 5. The number of unbranched alkanes of at least 4 members (excludes halogenated alkanes) is 1. The zero-order valence-corrected chi connectivity index (χ0v) is 19.6. The van der Waals surface area contributed by atoms with Gasteiger partial charge >= 0.3 is 0 Å². The van der Waals surface area contributed by atoms with E-state index >= 15 is 0 Å². The maximum Gasteiger partial charge on any atom is 0.152 e. The minimum absolute atomic E-state index is 0.478. The second-order valence-corrected chi connectivity index (χ2v) is 8.63. The van der Waals surface area contributed by atoms with Crippen molar-refractivity contribution < 1.29 is 9.47 Å². The van der Waals surface area contributed by atoms with Gasteiger partial charge in [-0.25, -0.2) is 9.97 Å². The van der Waals surface area contributed by atoms with Crippen molar-refractivity contribution in [1.82, 2.24) is 14.5 Å². The quantitative estimate of drug-likeness (QED) is 0.378. The number of rotatable bonds is 8. The van der Waals surface area contributed by atoms with Crippen molar-refractivity contribution in [3.8, 4) is 22.6 Å². The van der Waals surface area contributed by atoms with Crippen LogP contribution in [0.5, 0.6) is 11.5 Å². The number of pyridine rings is 1. The number of benzene rings is 2. The van der Waals surface area contributed by atoms with Gasteiger partial charge in [0.25, 0.3) is 0 Å². The maximum absolute atomic E-state index is 6.42. The lowest BCUT2D eigenvalue weighted by Crippen LogP contribution is -2.09. The number of nitrogens with two attached hydrogens (primary N) is 1. The minimum Gasteiger partial charge on any atom is -0.497 e. The molecule has 168 valence electrons. The first-order valence-electron chi connectivity index (χ1n) is 11.3. The number of nitrogens with zero attached hydrogens (tertiary/aromatic N) is 3. The van der Waals surface area contributed by atoms with E-state index in [1.165, 1.54) is 0 Å². The molecule has 6 nitrogen and oxygen atoms in total. The lowest BCUT2D eigenvalue weighted by Gasteiger charge is -2.14. The van der Waals surface area contributed by atoms with Gasteiger partial charge in [0.15, 0.2) is 5.82 Å². The van der Waals surface area contributed by atoms with Gasteiger partial charge in [0, 0.05) is 30.0 Å². The number of fused-ring (bicyclic) bond motifs is 3. The second kappa shape index (κ2) is 9.07. The SMILES string of the molecule is CCCCc1nc2c(N)nc3cc(-c4ccc(OC)cc4OC)ccc3c2n1CC(C)C. The molecule has 0 spiro atoms. The Morgan fingerprint density at radius 3 is 2.53 bits per heavy atom. The molecule has 4 aromatic rings. The number of anilines is 1. The summed E-state index contributed by atoms with van der Waals surface area (Å²) in [7, 11) is 3.32. The molecule has 32 heavy (non-hydrogen) atoms. The van der Waals surface area contributed by atoms with E-state index in [2.05, 4.69) is 43.5 Å². The molecule has 0 atom stereocenters. The molecule has 2 N–H and O–H groups in total. The van der Waals surface area contributed by atoms with Gasteiger partial charge in [-0.2, -0.15) is 0 Å². The largest absolute Gasteiger partial charge is 0.497 e. The van der Waals surface area contributed by atoms with Crippen molar-refractivity contribution in [2.75, 3.05) is 20.0 Å². The second-order valence-electron chi connectivity index (χ2n) is 8.63. The third-order valence-corrected chi connectivity index (χ3v) is 5.80. The van der Waals surface area contributed by atoms with E-state index in [1.807, 2.05) is 18.2 Å². The fourth-order valence-corrected chi connectivity index (χ4v) is 4.25. The van der Waals surface area contributed by atoms with E-state index in [0.29, 0.717) is 11.7 Å². The highest BCUT2D eigenvalue weighted by molar-refractivity contribution is 6.07. The fourth-order valence-electron chi connectivity index (χ4n) is 4.25. The number of aryl methyl sites for hydroxylation is 1. The molecule has 0 aliphatic rings. The third kappa shape index (κ3) is 3.97. The number of nitrogen functional groups attached to an aromatic ring is 1. The molecule has 0 aliphatic heterocycles. The number of hydrogen-bond donors (Lipinski definition) is 1. The summed E-state index contributed by atoms with van der Waals surface area (Å²) >= 11 is 0. The molecule has 2 heterocycles. The summed E-state index contributed by atoms with van der Waals surface area (Å²) in [6.07, 6.45) is 3.18. The van der Waals surface area contributed by atoms with Crippen LogP contribution in [0.4, 0.5) is 5.82 Å². The van der Waals surface area contributed by atoms with Gasteiger partial charge < -0.3 is 19.8 Å². The molecule has 0 saturated carbocycles. The predicted octanol–water partition coefficient (Wildman–Crippen LogP) is 5.85. The van der Waals surface area contributed by atoms with E-state index in [0.717, 1.165) is 76.2 Å². The molecule has 0 fully saturated rings. The van der Waals surface area contributed by atoms with Gasteiger partial charge in [0.05, 0.1) is 25.3 Å². The monoisotopic (exact) mass is 432 g/mol. The predicted molar refractivity (Wildman–Crippen MR) is 131 cm³/mol. The van der Waals surface area contributed by atoms with E-state index in [-0.39, 0.29) is 0 Å². The fraction of sp³-hybridized carbons (Fsp3) is 0.385. The van der Waals surface area contributed by atoms with Crippen LogP contribution in [0.1, 0.15) is 39.4 Å². The Morgan fingerprint density at radius 1 is 1.03 bits per heavy atom. The van der Waals surface area contributed by atoms with Gasteiger partial charge in [0.2, 0.25) is 0 Å². The smallest absolute Gasteiger partial charge is 0.152 e. The van der Waals surface area contributed by atoms with Crippen LogP contribution in [0.3, 0.4) is 0 Å². The van der Waals surface area contributed by atoms with Gasteiger partial charge in [-0.1, -0.05) is 39.3 Å². The highest BCUT2D eigenvalue weighted by Gasteiger charge is 2.19. The molecule has 6 heteroatoms. The Hall–Kier alpha value is -3.28. The van der Waals surface area contributed by atoms with Crippen LogP contribution in [0.2, 0.25) is 0 Å². The van der Waals surface area contributed by atoms with Crippen LogP contribution >= 0.6 is 0 Å². The first-order valence-corrected chi connectivity index (χ1v) is 11.3. The molecule has 2 aromatic heterocycles. The number of aromatic nitrogens is 3. The lowest BCUT2D eigenvalue weighted by atomic mass is 10.0. The van der Waals surface area contributed by atoms with Crippen molar-refractivity contribution >= 4 is 27.8 Å². The Kier molecular flexibility index (Phi) is 6.21. The number of ether oxygens (including phenoxy) is 2. The maximum atomic E-state index is 6.42.